The zero-order valence-electron chi connectivity index (χ0n) is 10.6. The van der Waals surface area contributed by atoms with Crippen LogP contribution < -0.4 is 0 Å². The average Bonchev–Trinajstić information content (AvgIpc) is 2.77. The molecule has 1 heterocycles. The van der Waals surface area contributed by atoms with Gasteiger partial charge in [-0.1, -0.05) is 49.2 Å². The fourth-order valence-electron chi connectivity index (χ4n) is 1.91. The monoisotopic (exact) mass is 229 g/mol. The summed E-state index contributed by atoms with van der Waals surface area (Å²) in [6, 6.07) is 10.6. The summed E-state index contributed by atoms with van der Waals surface area (Å²) in [5.74, 6) is 0.850. The van der Waals surface area contributed by atoms with Crippen molar-refractivity contribution in [3.8, 4) is 11.3 Å². The highest BCUT2D eigenvalue weighted by Crippen LogP contribution is 2.21. The molecule has 0 saturated carbocycles. The summed E-state index contributed by atoms with van der Waals surface area (Å²) >= 11 is 0. The summed E-state index contributed by atoms with van der Waals surface area (Å²) < 4.78 is 5.24. The van der Waals surface area contributed by atoms with E-state index in [2.05, 4.69) is 36.3 Å². The van der Waals surface area contributed by atoms with Crippen LogP contribution >= 0.6 is 0 Å². The molecule has 0 atom stereocenters. The first kappa shape index (κ1) is 11.9. The van der Waals surface area contributed by atoms with Crippen LogP contribution in [0, 0.1) is 6.92 Å². The molecule has 0 aliphatic heterocycles. The molecule has 0 unspecified atom stereocenters. The van der Waals surface area contributed by atoms with Gasteiger partial charge >= 0.3 is 0 Å². The van der Waals surface area contributed by atoms with Gasteiger partial charge in [0.25, 0.3) is 0 Å². The Bertz CT molecular complexity index is 456. The first-order valence-corrected chi connectivity index (χ1v) is 6.32. The van der Waals surface area contributed by atoms with Gasteiger partial charge in [-0.05, 0) is 25.3 Å². The van der Waals surface area contributed by atoms with E-state index in [0.717, 1.165) is 17.0 Å². The summed E-state index contributed by atoms with van der Waals surface area (Å²) in [6.07, 6.45) is 5.03. The predicted molar refractivity (Wildman–Crippen MR) is 69.9 cm³/mol. The van der Waals surface area contributed by atoms with Gasteiger partial charge in [0, 0.05) is 11.6 Å². The van der Waals surface area contributed by atoms with Crippen LogP contribution in [-0.2, 0) is 6.42 Å². The molecule has 0 amide bonds. The number of aryl methyl sites for hydroxylation is 2. The van der Waals surface area contributed by atoms with Gasteiger partial charge in [-0.15, -0.1) is 0 Å². The molecule has 17 heavy (non-hydrogen) atoms. The second-order valence-electron chi connectivity index (χ2n) is 4.49. The van der Waals surface area contributed by atoms with E-state index in [-0.39, 0.29) is 0 Å². The molecule has 0 spiro atoms. The van der Waals surface area contributed by atoms with Gasteiger partial charge in [0.2, 0.25) is 0 Å². The molecule has 1 aromatic heterocycles. The normalized spacial score (nSPS) is 10.7. The maximum absolute atomic E-state index is 5.24. The molecule has 1 aromatic carbocycles. The third-order valence-electron chi connectivity index (χ3n) is 2.94. The van der Waals surface area contributed by atoms with Crippen molar-refractivity contribution in [3.63, 3.8) is 0 Å². The second-order valence-corrected chi connectivity index (χ2v) is 4.49. The van der Waals surface area contributed by atoms with Gasteiger partial charge in [-0.25, -0.2) is 0 Å². The van der Waals surface area contributed by atoms with E-state index >= 15 is 0 Å². The fraction of sp³-hybridized carbons (Fsp3) is 0.400. The molecule has 2 rings (SSSR count). The highest BCUT2D eigenvalue weighted by Gasteiger charge is 2.03. The summed E-state index contributed by atoms with van der Waals surface area (Å²) in [4.78, 5) is 0. The number of unbranched alkanes of at least 4 members (excludes halogenated alkanes) is 2. The van der Waals surface area contributed by atoms with Crippen LogP contribution in [0.2, 0.25) is 0 Å². The Morgan fingerprint density at radius 2 is 1.88 bits per heavy atom. The third-order valence-corrected chi connectivity index (χ3v) is 2.94. The van der Waals surface area contributed by atoms with Crippen molar-refractivity contribution in [2.45, 2.75) is 39.5 Å². The Morgan fingerprint density at radius 1 is 1.12 bits per heavy atom. The van der Waals surface area contributed by atoms with Crippen molar-refractivity contribution in [1.82, 2.24) is 5.16 Å². The smallest absolute Gasteiger partial charge is 0.167 e. The molecular formula is C15H19NO. The van der Waals surface area contributed by atoms with Crippen LogP contribution in [-0.4, -0.2) is 5.16 Å². The summed E-state index contributed by atoms with van der Waals surface area (Å²) in [7, 11) is 0. The standard InChI is InChI=1S/C15H19NO/c1-3-4-5-6-13-7-9-14(10-8-13)15-11-12(2)16-17-15/h7-11H,3-6H2,1-2H3. The average molecular weight is 229 g/mol. The first-order chi connectivity index (χ1) is 8.29. The lowest BCUT2D eigenvalue weighted by atomic mass is 10.0. The maximum Gasteiger partial charge on any atom is 0.167 e. The second kappa shape index (κ2) is 5.67. The molecule has 2 aromatic rings. The minimum absolute atomic E-state index is 0.850. The van der Waals surface area contributed by atoms with E-state index in [9.17, 15) is 0 Å². The lowest BCUT2D eigenvalue weighted by molar-refractivity contribution is 0.427. The fourth-order valence-corrected chi connectivity index (χ4v) is 1.91. The van der Waals surface area contributed by atoms with Gasteiger partial charge in [0.15, 0.2) is 5.76 Å². The number of hydrogen-bond acceptors (Lipinski definition) is 2. The van der Waals surface area contributed by atoms with Crippen LogP contribution in [0.4, 0.5) is 0 Å². The first-order valence-electron chi connectivity index (χ1n) is 6.32. The molecule has 0 bridgehead atoms. The summed E-state index contributed by atoms with van der Waals surface area (Å²) in [5.41, 5.74) is 3.43. The van der Waals surface area contributed by atoms with E-state index < -0.39 is 0 Å². The van der Waals surface area contributed by atoms with Gasteiger partial charge < -0.3 is 4.52 Å². The van der Waals surface area contributed by atoms with Gasteiger partial charge in [0.05, 0.1) is 5.69 Å². The number of benzene rings is 1. The van der Waals surface area contributed by atoms with Crippen molar-refractivity contribution in [1.29, 1.82) is 0 Å². The topological polar surface area (TPSA) is 26.0 Å². The lowest BCUT2D eigenvalue weighted by Crippen LogP contribution is -1.85. The molecule has 2 nitrogen and oxygen atoms in total. The van der Waals surface area contributed by atoms with Crippen LogP contribution in [0.5, 0.6) is 0 Å². The van der Waals surface area contributed by atoms with E-state index in [1.807, 2.05) is 13.0 Å². The molecule has 0 fully saturated rings. The number of rotatable bonds is 5. The Hall–Kier alpha value is -1.57. The van der Waals surface area contributed by atoms with Crippen LogP contribution in [0.1, 0.15) is 37.4 Å². The Labute approximate surface area is 103 Å². The molecule has 0 saturated heterocycles. The zero-order valence-corrected chi connectivity index (χ0v) is 10.6. The van der Waals surface area contributed by atoms with Crippen molar-refractivity contribution in [3.05, 3.63) is 41.6 Å². The molecule has 90 valence electrons. The van der Waals surface area contributed by atoms with Gasteiger partial charge in [0.1, 0.15) is 0 Å². The maximum atomic E-state index is 5.24. The Kier molecular flexibility index (Phi) is 3.97. The van der Waals surface area contributed by atoms with Crippen LogP contribution in [0.3, 0.4) is 0 Å². The Balaban J connectivity index is 2.02. The highest BCUT2D eigenvalue weighted by molar-refractivity contribution is 5.57. The summed E-state index contributed by atoms with van der Waals surface area (Å²) in [6.45, 7) is 4.17. The number of hydrogen-bond donors (Lipinski definition) is 0. The molecular weight excluding hydrogens is 210 g/mol. The van der Waals surface area contributed by atoms with E-state index in [0.29, 0.717) is 0 Å². The minimum Gasteiger partial charge on any atom is -0.356 e. The molecule has 0 aliphatic carbocycles. The van der Waals surface area contributed by atoms with Crippen LogP contribution in [0.25, 0.3) is 11.3 Å². The van der Waals surface area contributed by atoms with Gasteiger partial charge in [-0.3, -0.25) is 0 Å². The number of nitrogens with zero attached hydrogens (tertiary/aromatic N) is 1. The molecule has 0 aliphatic rings. The SMILES string of the molecule is CCCCCc1ccc(-c2cc(C)no2)cc1. The number of aromatic nitrogens is 1. The summed E-state index contributed by atoms with van der Waals surface area (Å²) in [5, 5.41) is 3.90. The van der Waals surface area contributed by atoms with E-state index in [1.165, 1.54) is 31.2 Å². The highest BCUT2D eigenvalue weighted by atomic mass is 16.5. The minimum atomic E-state index is 0.850. The lowest BCUT2D eigenvalue weighted by Gasteiger charge is -2.01. The molecule has 2 heteroatoms. The third kappa shape index (κ3) is 3.19. The quantitative estimate of drug-likeness (QED) is 0.711. The van der Waals surface area contributed by atoms with Crippen molar-refractivity contribution in [2.75, 3.05) is 0 Å². The van der Waals surface area contributed by atoms with Crippen LogP contribution in [0.15, 0.2) is 34.9 Å². The molecule has 0 radical (unpaired) electrons. The largest absolute Gasteiger partial charge is 0.356 e. The van der Waals surface area contributed by atoms with Crippen molar-refractivity contribution >= 4 is 0 Å². The van der Waals surface area contributed by atoms with Crippen molar-refractivity contribution in [2.24, 2.45) is 0 Å². The Morgan fingerprint density at radius 3 is 2.47 bits per heavy atom. The van der Waals surface area contributed by atoms with Gasteiger partial charge in [-0.2, -0.15) is 0 Å². The van der Waals surface area contributed by atoms with E-state index in [1.54, 1.807) is 0 Å². The molecule has 0 N–H and O–H groups in total. The predicted octanol–water partition coefficient (Wildman–Crippen LogP) is 4.38. The van der Waals surface area contributed by atoms with E-state index in [4.69, 9.17) is 4.52 Å². The van der Waals surface area contributed by atoms with Crippen molar-refractivity contribution < 1.29 is 4.52 Å². The zero-order chi connectivity index (χ0) is 12.1.